The molecule has 41 heavy (non-hydrogen) atoms. The molecule has 4 atom stereocenters. The van der Waals surface area contributed by atoms with E-state index in [9.17, 15) is 29.1 Å². The molecule has 0 spiro atoms. The lowest BCUT2D eigenvalue weighted by Gasteiger charge is -2.44. The van der Waals surface area contributed by atoms with Gasteiger partial charge >= 0.3 is 11.6 Å². The van der Waals surface area contributed by atoms with Crippen LogP contribution in [0.4, 0.5) is 0 Å². The van der Waals surface area contributed by atoms with Crippen LogP contribution in [0.3, 0.4) is 0 Å². The fourth-order valence-corrected chi connectivity index (χ4v) is 7.17. The number of aliphatic carboxylic acids is 1. The highest BCUT2D eigenvalue weighted by atomic mass is 32.2. The van der Waals surface area contributed by atoms with Gasteiger partial charge in [-0.15, -0.1) is 11.8 Å². The summed E-state index contributed by atoms with van der Waals surface area (Å²) in [6.45, 7) is 3.48. The minimum absolute atomic E-state index is 0.273. The summed E-state index contributed by atoms with van der Waals surface area (Å²) >= 11 is 1.30. The number of benzene rings is 3. The minimum atomic E-state index is -1.24. The number of thioether (sulfide) groups is 1. The van der Waals surface area contributed by atoms with Gasteiger partial charge in [-0.25, -0.2) is 9.59 Å². The lowest BCUT2D eigenvalue weighted by molar-refractivity contribution is -0.161. The first-order valence-electron chi connectivity index (χ1n) is 12.9. The first-order valence-corrected chi connectivity index (χ1v) is 13.8. The Balaban J connectivity index is 1.28. The smallest absolute Gasteiger partial charge is 0.349 e. The van der Waals surface area contributed by atoms with E-state index < -0.39 is 57.6 Å². The largest absolute Gasteiger partial charge is 0.480 e. The summed E-state index contributed by atoms with van der Waals surface area (Å²) < 4.78 is 4.80. The fourth-order valence-electron chi connectivity index (χ4n) is 5.54. The molecular weight excluding hydrogens is 546 g/mol. The Morgan fingerprint density at radius 1 is 0.976 bits per heavy atom. The van der Waals surface area contributed by atoms with E-state index in [0.29, 0.717) is 16.5 Å². The van der Waals surface area contributed by atoms with Crippen LogP contribution in [0.25, 0.3) is 21.7 Å². The molecule has 2 fully saturated rings. The van der Waals surface area contributed by atoms with Crippen LogP contribution in [0.1, 0.15) is 35.8 Å². The Labute approximate surface area is 237 Å². The van der Waals surface area contributed by atoms with Gasteiger partial charge in [-0.1, -0.05) is 66.7 Å². The van der Waals surface area contributed by atoms with Crippen LogP contribution < -0.4 is 16.3 Å². The zero-order chi connectivity index (χ0) is 29.1. The van der Waals surface area contributed by atoms with Gasteiger partial charge < -0.3 is 25.1 Å². The van der Waals surface area contributed by atoms with Crippen LogP contribution in [0.15, 0.2) is 82.0 Å². The number of nitrogens with zero attached hydrogens (tertiary/aromatic N) is 1. The van der Waals surface area contributed by atoms with Crippen molar-refractivity contribution in [3.8, 4) is 0 Å². The van der Waals surface area contributed by atoms with Crippen molar-refractivity contribution in [3.05, 3.63) is 94.3 Å². The number of hydrogen-bond acceptors (Lipinski definition) is 7. The molecule has 2 aliphatic rings. The first-order chi connectivity index (χ1) is 19.6. The van der Waals surface area contributed by atoms with Gasteiger partial charge in [0.15, 0.2) is 0 Å². The number of carbonyl (C=O) groups excluding carboxylic acids is 3. The van der Waals surface area contributed by atoms with Gasteiger partial charge in [-0.2, -0.15) is 0 Å². The predicted octanol–water partition coefficient (Wildman–Crippen LogP) is 3.05. The maximum Gasteiger partial charge on any atom is 0.349 e. The molecule has 3 heterocycles. The third-order valence-corrected chi connectivity index (χ3v) is 9.08. The van der Waals surface area contributed by atoms with Gasteiger partial charge in [0.1, 0.15) is 34.6 Å². The third kappa shape index (κ3) is 4.42. The first kappa shape index (κ1) is 26.6. The van der Waals surface area contributed by atoms with Crippen molar-refractivity contribution >= 4 is 57.2 Å². The highest BCUT2D eigenvalue weighted by molar-refractivity contribution is 8.01. The minimum Gasteiger partial charge on any atom is -0.480 e. The van der Waals surface area contributed by atoms with Crippen LogP contribution in [0, 0.1) is 0 Å². The van der Waals surface area contributed by atoms with Crippen molar-refractivity contribution in [2.45, 2.75) is 42.1 Å². The lowest BCUT2D eigenvalue weighted by atomic mass is 9.95. The topological polar surface area (TPSA) is 146 Å². The van der Waals surface area contributed by atoms with Gasteiger partial charge in [0.05, 0.1) is 0 Å². The van der Waals surface area contributed by atoms with E-state index in [1.54, 1.807) is 50.2 Å². The van der Waals surface area contributed by atoms with Crippen LogP contribution >= 0.6 is 11.8 Å². The number of nitrogens with one attached hydrogen (secondary N) is 2. The quantitative estimate of drug-likeness (QED) is 0.182. The number of rotatable bonds is 6. The Bertz CT molecular complexity index is 1800. The van der Waals surface area contributed by atoms with Gasteiger partial charge in [0, 0.05) is 15.5 Å². The summed E-state index contributed by atoms with van der Waals surface area (Å²) in [4.78, 5) is 65.9. The van der Waals surface area contributed by atoms with Crippen molar-refractivity contribution in [1.29, 1.82) is 0 Å². The Morgan fingerprint density at radius 3 is 2.39 bits per heavy atom. The average Bonchev–Trinajstić information content (AvgIpc) is 3.22. The molecule has 6 rings (SSSR count). The second kappa shape index (κ2) is 9.77. The molecule has 1 unspecified atom stereocenters. The van der Waals surface area contributed by atoms with E-state index in [2.05, 4.69) is 10.6 Å². The Hall–Kier alpha value is -4.64. The predicted molar refractivity (Wildman–Crippen MR) is 152 cm³/mol. The molecule has 0 bridgehead atoms. The zero-order valence-corrected chi connectivity index (χ0v) is 22.8. The van der Waals surface area contributed by atoms with Crippen molar-refractivity contribution < 1.29 is 28.7 Å². The van der Waals surface area contributed by atoms with E-state index in [-0.39, 0.29) is 5.56 Å². The second-order valence-electron chi connectivity index (χ2n) is 10.6. The van der Waals surface area contributed by atoms with Gasteiger partial charge in [0.25, 0.3) is 5.91 Å². The number of amides is 3. The average molecular weight is 572 g/mol. The molecule has 0 saturated carbocycles. The molecule has 3 aromatic carbocycles. The number of carboxylic acid groups (broad SMARTS) is 1. The van der Waals surface area contributed by atoms with Gasteiger partial charge in [0.2, 0.25) is 11.8 Å². The van der Waals surface area contributed by atoms with Crippen molar-refractivity contribution in [2.75, 3.05) is 0 Å². The summed E-state index contributed by atoms with van der Waals surface area (Å²) in [6, 6.07) is 17.6. The fraction of sp³-hybridized carbons (Fsp3) is 0.233. The molecule has 4 aromatic rings. The van der Waals surface area contributed by atoms with Crippen molar-refractivity contribution in [3.63, 3.8) is 0 Å². The van der Waals surface area contributed by atoms with Crippen molar-refractivity contribution in [1.82, 2.24) is 15.5 Å². The SMILES string of the molecule is CC1(C)S[C@@H]2[C@H](NC(=O)C(NC(=O)c3cc4ccc5ccccc5c4oc3=O)c3ccccc3)C(=O)N2[C@H]1C(=O)O. The molecule has 3 amide bonds. The van der Waals surface area contributed by atoms with E-state index in [0.717, 1.165) is 10.8 Å². The Morgan fingerprint density at radius 2 is 1.66 bits per heavy atom. The maximum absolute atomic E-state index is 13.5. The molecular formula is C30H25N3O7S. The zero-order valence-electron chi connectivity index (χ0n) is 22.0. The summed E-state index contributed by atoms with van der Waals surface area (Å²) in [5, 5.41) is 16.6. The van der Waals surface area contributed by atoms with E-state index in [1.807, 2.05) is 30.3 Å². The van der Waals surface area contributed by atoms with Gasteiger partial charge in [-0.3, -0.25) is 14.4 Å². The molecule has 0 radical (unpaired) electrons. The van der Waals surface area contributed by atoms with E-state index >= 15 is 0 Å². The highest BCUT2D eigenvalue weighted by Gasteiger charge is 2.64. The summed E-state index contributed by atoms with van der Waals surface area (Å²) in [5.74, 6) is -3.10. The van der Waals surface area contributed by atoms with Crippen molar-refractivity contribution in [2.24, 2.45) is 0 Å². The number of carboxylic acids is 1. The molecule has 10 nitrogen and oxygen atoms in total. The van der Waals surface area contributed by atoms with Crippen LogP contribution in [0.5, 0.6) is 0 Å². The normalized spacial score (nSPS) is 21.7. The standard InChI is InChI=1S/C30H25N3O7S/c1-30(2)23(28(37)38)33-26(36)21(27(33)41-30)32-25(35)20(16-9-4-3-5-10-16)31-24(34)19-14-17-13-12-15-8-6-7-11-18(15)22(17)40-29(19)39/h3-14,20-21,23,27H,1-2H3,(H,31,34)(H,32,35)(H,37,38)/t20?,21-,23+,27-/m1/s1. The third-order valence-electron chi connectivity index (χ3n) is 7.51. The molecule has 3 N–H and O–H groups in total. The summed E-state index contributed by atoms with van der Waals surface area (Å²) in [7, 11) is 0. The second-order valence-corrected chi connectivity index (χ2v) is 12.3. The highest BCUT2D eigenvalue weighted by Crippen LogP contribution is 2.50. The number of fused-ring (bicyclic) bond motifs is 4. The molecule has 1 aromatic heterocycles. The van der Waals surface area contributed by atoms with Crippen LogP contribution in [-0.4, -0.2) is 55.9 Å². The van der Waals surface area contributed by atoms with E-state index in [1.165, 1.54) is 22.7 Å². The number of hydrogen-bond donors (Lipinski definition) is 3. The van der Waals surface area contributed by atoms with E-state index in [4.69, 9.17) is 4.42 Å². The Kier molecular flexibility index (Phi) is 6.33. The number of carbonyl (C=O) groups is 4. The van der Waals surface area contributed by atoms with Crippen LogP contribution in [-0.2, 0) is 14.4 Å². The number of β-lactam (4-membered cyclic amide) rings is 1. The molecule has 2 saturated heterocycles. The summed E-state index contributed by atoms with van der Waals surface area (Å²) in [5.41, 5.74) is -0.342. The lowest BCUT2D eigenvalue weighted by Crippen LogP contribution is -2.71. The molecule has 0 aliphatic carbocycles. The summed E-state index contributed by atoms with van der Waals surface area (Å²) in [6.07, 6.45) is 0. The van der Waals surface area contributed by atoms with Crippen LogP contribution in [0.2, 0.25) is 0 Å². The molecule has 208 valence electrons. The monoisotopic (exact) mass is 571 g/mol. The molecule has 2 aliphatic heterocycles. The van der Waals surface area contributed by atoms with Gasteiger partial charge in [-0.05, 0) is 30.9 Å². The molecule has 11 heteroatoms. The maximum atomic E-state index is 13.5.